The van der Waals surface area contributed by atoms with E-state index in [1.54, 1.807) is 19.9 Å². The third-order valence-corrected chi connectivity index (χ3v) is 2.64. The second kappa shape index (κ2) is 4.37. The van der Waals surface area contributed by atoms with Crippen molar-refractivity contribution in [3.63, 3.8) is 0 Å². The highest BCUT2D eigenvalue weighted by molar-refractivity contribution is 6.30. The van der Waals surface area contributed by atoms with Gasteiger partial charge in [-0.1, -0.05) is 25.4 Å². The molecule has 0 saturated carbocycles. The molecule has 0 aliphatic rings. The molecule has 0 aliphatic carbocycles. The van der Waals surface area contributed by atoms with Gasteiger partial charge in [0.2, 0.25) is 0 Å². The molecule has 1 N–H and O–H groups in total. The first kappa shape index (κ1) is 12.3. The molecule has 4 heteroatoms. The SMILES string of the molecule is COc1ccc(Cl)c(F)c1C(C)(C)CO. The Labute approximate surface area is 93.6 Å². The fraction of sp³-hybridized carbons (Fsp3) is 0.455. The van der Waals surface area contributed by atoms with Crippen molar-refractivity contribution in [3.8, 4) is 5.75 Å². The van der Waals surface area contributed by atoms with Crippen LogP contribution in [0.3, 0.4) is 0 Å². The molecule has 0 bridgehead atoms. The van der Waals surface area contributed by atoms with Gasteiger partial charge in [-0.25, -0.2) is 4.39 Å². The quantitative estimate of drug-likeness (QED) is 0.869. The van der Waals surface area contributed by atoms with Crippen LogP contribution in [0.4, 0.5) is 4.39 Å². The minimum atomic E-state index is -0.722. The molecular weight excluding hydrogens is 219 g/mol. The van der Waals surface area contributed by atoms with Gasteiger partial charge >= 0.3 is 0 Å². The highest BCUT2D eigenvalue weighted by Gasteiger charge is 2.28. The fourth-order valence-corrected chi connectivity index (χ4v) is 1.57. The van der Waals surface area contributed by atoms with Crippen LogP contribution in [0.2, 0.25) is 5.02 Å². The van der Waals surface area contributed by atoms with E-state index in [1.165, 1.54) is 13.2 Å². The van der Waals surface area contributed by atoms with Crippen LogP contribution < -0.4 is 4.74 Å². The van der Waals surface area contributed by atoms with Gasteiger partial charge in [0, 0.05) is 11.0 Å². The van der Waals surface area contributed by atoms with Crippen molar-refractivity contribution in [3.05, 3.63) is 28.5 Å². The summed E-state index contributed by atoms with van der Waals surface area (Å²) in [5.41, 5.74) is -0.416. The highest BCUT2D eigenvalue weighted by atomic mass is 35.5. The van der Waals surface area contributed by atoms with Crippen LogP contribution in [-0.4, -0.2) is 18.8 Å². The molecule has 0 unspecified atom stereocenters. The minimum absolute atomic E-state index is 0.0346. The lowest BCUT2D eigenvalue weighted by Crippen LogP contribution is -2.24. The normalized spacial score (nSPS) is 11.6. The summed E-state index contributed by atoms with van der Waals surface area (Å²) in [6.07, 6.45) is 0. The molecule has 2 nitrogen and oxygen atoms in total. The molecule has 1 aromatic rings. The molecule has 15 heavy (non-hydrogen) atoms. The molecule has 1 aromatic carbocycles. The van der Waals surface area contributed by atoms with Crippen molar-refractivity contribution in [1.82, 2.24) is 0 Å². The van der Waals surface area contributed by atoms with E-state index < -0.39 is 11.2 Å². The first-order chi connectivity index (χ1) is 6.94. The van der Waals surface area contributed by atoms with Gasteiger partial charge in [-0.3, -0.25) is 0 Å². The summed E-state index contributed by atoms with van der Waals surface area (Å²) in [6, 6.07) is 3.03. The van der Waals surface area contributed by atoms with E-state index in [1.807, 2.05) is 0 Å². The van der Waals surface area contributed by atoms with Crippen molar-refractivity contribution in [2.24, 2.45) is 0 Å². The lowest BCUT2D eigenvalue weighted by molar-refractivity contribution is 0.211. The van der Waals surface area contributed by atoms with E-state index in [9.17, 15) is 9.50 Å². The number of benzene rings is 1. The number of aliphatic hydroxyl groups is 1. The van der Waals surface area contributed by atoms with Crippen LogP contribution in [0, 0.1) is 5.82 Å². The van der Waals surface area contributed by atoms with Crippen molar-refractivity contribution >= 4 is 11.6 Å². The number of methoxy groups -OCH3 is 1. The Morgan fingerprint density at radius 1 is 1.47 bits per heavy atom. The van der Waals surface area contributed by atoms with Crippen molar-refractivity contribution in [2.75, 3.05) is 13.7 Å². The largest absolute Gasteiger partial charge is 0.496 e. The molecule has 0 aliphatic heterocycles. The van der Waals surface area contributed by atoms with Crippen molar-refractivity contribution < 1.29 is 14.2 Å². The molecule has 0 heterocycles. The second-order valence-corrected chi connectivity index (χ2v) is 4.39. The predicted molar refractivity (Wildman–Crippen MR) is 58.1 cm³/mol. The second-order valence-electron chi connectivity index (χ2n) is 3.98. The Kier molecular flexibility index (Phi) is 3.58. The summed E-state index contributed by atoms with van der Waals surface area (Å²) in [6.45, 7) is 3.27. The highest BCUT2D eigenvalue weighted by Crippen LogP contribution is 2.36. The number of aliphatic hydroxyl groups excluding tert-OH is 1. The Bertz CT molecular complexity index is 364. The summed E-state index contributed by atoms with van der Waals surface area (Å²) < 4.78 is 18.9. The molecule has 0 amide bonds. The molecule has 0 spiro atoms. The number of ether oxygens (including phenoxy) is 1. The Morgan fingerprint density at radius 3 is 2.53 bits per heavy atom. The van der Waals surface area contributed by atoms with Crippen molar-refractivity contribution in [2.45, 2.75) is 19.3 Å². The summed E-state index contributed by atoms with van der Waals surface area (Å²) >= 11 is 5.69. The molecule has 0 saturated heterocycles. The van der Waals surface area contributed by atoms with Gasteiger partial charge in [0.1, 0.15) is 11.6 Å². The first-order valence-electron chi connectivity index (χ1n) is 4.57. The average molecular weight is 233 g/mol. The van der Waals surface area contributed by atoms with E-state index in [0.717, 1.165) is 0 Å². The standard InChI is InChI=1S/C11H14ClFO2/c1-11(2,6-14)9-8(15-3)5-4-7(12)10(9)13/h4-5,14H,6H2,1-3H3. The summed E-state index contributed by atoms with van der Waals surface area (Å²) in [5.74, 6) is -0.133. The maximum Gasteiger partial charge on any atom is 0.149 e. The Hall–Kier alpha value is -0.800. The number of halogens is 2. The fourth-order valence-electron chi connectivity index (χ4n) is 1.41. The molecule has 0 radical (unpaired) electrons. The van der Waals surface area contributed by atoms with Gasteiger partial charge in [-0.15, -0.1) is 0 Å². The maximum atomic E-state index is 13.8. The van der Waals surface area contributed by atoms with Crippen LogP contribution in [0.25, 0.3) is 0 Å². The Morgan fingerprint density at radius 2 is 2.07 bits per heavy atom. The van der Waals surface area contributed by atoms with E-state index >= 15 is 0 Å². The van der Waals surface area contributed by atoms with Crippen LogP contribution in [0.1, 0.15) is 19.4 Å². The number of rotatable bonds is 3. The van der Waals surface area contributed by atoms with Gasteiger partial charge in [0.05, 0.1) is 18.7 Å². The van der Waals surface area contributed by atoms with Crippen molar-refractivity contribution in [1.29, 1.82) is 0 Å². The summed E-state index contributed by atoms with van der Waals surface area (Å²) in [5, 5.41) is 9.25. The van der Waals surface area contributed by atoms with Crippen LogP contribution in [0.15, 0.2) is 12.1 Å². The zero-order chi connectivity index (χ0) is 11.6. The van der Waals surface area contributed by atoms with Crippen LogP contribution >= 0.6 is 11.6 Å². The lowest BCUT2D eigenvalue weighted by Gasteiger charge is -2.25. The van der Waals surface area contributed by atoms with E-state index in [-0.39, 0.29) is 11.6 Å². The van der Waals surface area contributed by atoms with Gasteiger partial charge < -0.3 is 9.84 Å². The number of hydrogen-bond donors (Lipinski definition) is 1. The zero-order valence-electron chi connectivity index (χ0n) is 8.97. The maximum absolute atomic E-state index is 13.8. The molecule has 0 aromatic heterocycles. The predicted octanol–water partition coefficient (Wildman–Crippen LogP) is 2.76. The third-order valence-electron chi connectivity index (χ3n) is 2.35. The summed E-state index contributed by atoms with van der Waals surface area (Å²) in [4.78, 5) is 0. The van der Waals surface area contributed by atoms with E-state index in [0.29, 0.717) is 11.3 Å². The monoisotopic (exact) mass is 232 g/mol. The van der Waals surface area contributed by atoms with Gasteiger partial charge in [0.25, 0.3) is 0 Å². The third kappa shape index (κ3) is 2.24. The summed E-state index contributed by atoms with van der Waals surface area (Å²) in [7, 11) is 1.46. The molecule has 0 atom stereocenters. The first-order valence-corrected chi connectivity index (χ1v) is 4.95. The molecule has 84 valence electrons. The Balaban J connectivity index is 3.42. The smallest absolute Gasteiger partial charge is 0.149 e. The molecular formula is C11H14ClFO2. The van der Waals surface area contributed by atoms with Gasteiger partial charge in [-0.05, 0) is 12.1 Å². The topological polar surface area (TPSA) is 29.5 Å². The van der Waals surface area contributed by atoms with Gasteiger partial charge in [-0.2, -0.15) is 0 Å². The minimum Gasteiger partial charge on any atom is -0.496 e. The molecule has 1 rings (SSSR count). The lowest BCUT2D eigenvalue weighted by atomic mass is 9.84. The zero-order valence-corrected chi connectivity index (χ0v) is 9.73. The van der Waals surface area contributed by atoms with Crippen LogP contribution in [0.5, 0.6) is 5.75 Å². The van der Waals surface area contributed by atoms with Gasteiger partial charge in [0.15, 0.2) is 0 Å². The molecule has 0 fully saturated rings. The van der Waals surface area contributed by atoms with E-state index in [2.05, 4.69) is 0 Å². The van der Waals surface area contributed by atoms with Crippen LogP contribution in [-0.2, 0) is 5.41 Å². The average Bonchev–Trinajstić information content (AvgIpc) is 2.21. The number of hydrogen-bond acceptors (Lipinski definition) is 2. The van der Waals surface area contributed by atoms with E-state index in [4.69, 9.17) is 16.3 Å².